The third kappa shape index (κ3) is 3.78. The summed E-state index contributed by atoms with van der Waals surface area (Å²) < 4.78 is 5.31. The Morgan fingerprint density at radius 2 is 2.21 bits per heavy atom. The highest BCUT2D eigenvalue weighted by molar-refractivity contribution is 7.08. The first-order valence-electron chi connectivity index (χ1n) is 6.48. The van der Waals surface area contributed by atoms with E-state index in [-0.39, 0.29) is 12.4 Å². The van der Waals surface area contributed by atoms with Gasteiger partial charge in [0.2, 0.25) is 11.7 Å². The Morgan fingerprint density at radius 1 is 1.37 bits per heavy atom. The van der Waals surface area contributed by atoms with E-state index < -0.39 is 0 Å². The Bertz CT molecular complexity index is 480. The summed E-state index contributed by atoms with van der Waals surface area (Å²) in [5.74, 6) is 2.30. The van der Waals surface area contributed by atoms with E-state index in [4.69, 9.17) is 4.52 Å². The molecule has 0 amide bonds. The van der Waals surface area contributed by atoms with Gasteiger partial charge in [-0.1, -0.05) is 5.16 Å². The first-order chi connectivity index (χ1) is 8.92. The molecule has 0 unspecified atom stereocenters. The van der Waals surface area contributed by atoms with Crippen molar-refractivity contribution in [3.05, 3.63) is 22.7 Å². The van der Waals surface area contributed by atoms with Gasteiger partial charge in [-0.25, -0.2) is 0 Å². The van der Waals surface area contributed by atoms with Crippen LogP contribution in [0.25, 0.3) is 11.4 Å². The van der Waals surface area contributed by atoms with E-state index >= 15 is 0 Å². The van der Waals surface area contributed by atoms with Crippen LogP contribution in [0, 0.1) is 5.92 Å². The molecule has 1 fully saturated rings. The number of aromatic nitrogens is 2. The quantitative estimate of drug-likeness (QED) is 0.942. The largest absolute Gasteiger partial charge is 0.339 e. The van der Waals surface area contributed by atoms with Gasteiger partial charge in [-0.2, -0.15) is 16.3 Å². The molecule has 0 atom stereocenters. The van der Waals surface area contributed by atoms with Crippen LogP contribution < -0.4 is 5.32 Å². The Balaban J connectivity index is 0.00000133. The zero-order valence-electron chi connectivity index (χ0n) is 10.7. The molecule has 0 bridgehead atoms. The second-order valence-electron chi connectivity index (χ2n) is 4.76. The van der Waals surface area contributed by atoms with Crippen molar-refractivity contribution in [2.24, 2.45) is 5.92 Å². The highest BCUT2D eigenvalue weighted by Gasteiger charge is 2.15. The molecule has 3 rings (SSSR count). The molecule has 3 heterocycles. The van der Waals surface area contributed by atoms with Crippen LogP contribution in [0.3, 0.4) is 0 Å². The molecule has 0 saturated carbocycles. The normalized spacial score (nSPS) is 16.2. The lowest BCUT2D eigenvalue weighted by Gasteiger charge is -2.21. The number of hydrogen-bond donors (Lipinski definition) is 1. The number of nitrogens with one attached hydrogen (secondary N) is 1. The molecule has 104 valence electrons. The van der Waals surface area contributed by atoms with Crippen molar-refractivity contribution in [2.45, 2.75) is 25.7 Å². The first kappa shape index (κ1) is 14.5. The summed E-state index contributed by atoms with van der Waals surface area (Å²) in [6, 6.07) is 2.02. The summed E-state index contributed by atoms with van der Waals surface area (Å²) in [4.78, 5) is 4.45. The van der Waals surface area contributed by atoms with Crippen LogP contribution in [0.5, 0.6) is 0 Å². The second kappa shape index (κ2) is 7.03. The lowest BCUT2D eigenvalue weighted by molar-refractivity contribution is 0.324. The van der Waals surface area contributed by atoms with Gasteiger partial charge in [0.25, 0.3) is 0 Å². The van der Waals surface area contributed by atoms with Crippen molar-refractivity contribution < 1.29 is 4.52 Å². The first-order valence-corrected chi connectivity index (χ1v) is 7.42. The minimum Gasteiger partial charge on any atom is -0.339 e. The Kier molecular flexibility index (Phi) is 5.36. The number of piperidine rings is 1. The maximum absolute atomic E-state index is 5.31. The Hall–Kier alpha value is -0.910. The lowest BCUT2D eigenvalue weighted by atomic mass is 9.93. The van der Waals surface area contributed by atoms with Crippen LogP contribution >= 0.6 is 23.7 Å². The lowest BCUT2D eigenvalue weighted by Crippen LogP contribution is -2.27. The van der Waals surface area contributed by atoms with Gasteiger partial charge < -0.3 is 9.84 Å². The maximum Gasteiger partial charge on any atom is 0.226 e. The van der Waals surface area contributed by atoms with Crippen LogP contribution in [0.15, 0.2) is 21.3 Å². The topological polar surface area (TPSA) is 51.0 Å². The fraction of sp³-hybridized carbons (Fsp3) is 0.538. The minimum atomic E-state index is 0. The molecule has 0 aromatic carbocycles. The molecule has 1 aliphatic heterocycles. The van der Waals surface area contributed by atoms with Gasteiger partial charge in [-0.15, -0.1) is 12.4 Å². The summed E-state index contributed by atoms with van der Waals surface area (Å²) in [7, 11) is 0. The SMILES string of the molecule is Cl.c1cc(-c2noc(CCC3CCNCC3)n2)cs1. The molecule has 0 radical (unpaired) electrons. The van der Waals surface area contributed by atoms with E-state index in [0.717, 1.165) is 49.1 Å². The fourth-order valence-corrected chi connectivity index (χ4v) is 3.00. The Labute approximate surface area is 123 Å². The number of hydrogen-bond acceptors (Lipinski definition) is 5. The minimum absolute atomic E-state index is 0. The monoisotopic (exact) mass is 299 g/mol. The molecule has 0 aliphatic carbocycles. The third-order valence-electron chi connectivity index (χ3n) is 3.47. The summed E-state index contributed by atoms with van der Waals surface area (Å²) in [6.45, 7) is 2.29. The molecule has 2 aromatic rings. The van der Waals surface area contributed by atoms with Crippen molar-refractivity contribution in [3.8, 4) is 11.4 Å². The van der Waals surface area contributed by atoms with Gasteiger partial charge >= 0.3 is 0 Å². The third-order valence-corrected chi connectivity index (χ3v) is 4.16. The predicted molar refractivity (Wildman–Crippen MR) is 78.8 cm³/mol. The van der Waals surface area contributed by atoms with Gasteiger partial charge in [0, 0.05) is 17.4 Å². The van der Waals surface area contributed by atoms with Crippen molar-refractivity contribution in [1.82, 2.24) is 15.5 Å². The standard InChI is InChI=1S/C13H17N3OS.ClH/c1(10-3-6-14-7-4-10)2-12-15-13(16-17-12)11-5-8-18-9-11;/h5,8-10,14H,1-4,6-7H2;1H. The highest BCUT2D eigenvalue weighted by atomic mass is 35.5. The van der Waals surface area contributed by atoms with Crippen LogP contribution in [-0.4, -0.2) is 23.2 Å². The molecular weight excluding hydrogens is 282 g/mol. The predicted octanol–water partition coefficient (Wildman–Crippen LogP) is 3.15. The highest BCUT2D eigenvalue weighted by Crippen LogP contribution is 2.21. The van der Waals surface area contributed by atoms with Crippen LogP contribution in [0.4, 0.5) is 0 Å². The summed E-state index contributed by atoms with van der Waals surface area (Å²) in [6.07, 6.45) is 4.60. The smallest absolute Gasteiger partial charge is 0.226 e. The summed E-state index contributed by atoms with van der Waals surface area (Å²) >= 11 is 1.65. The summed E-state index contributed by atoms with van der Waals surface area (Å²) in [5, 5.41) is 11.5. The summed E-state index contributed by atoms with van der Waals surface area (Å²) in [5.41, 5.74) is 1.05. The van der Waals surface area contributed by atoms with Crippen LogP contribution in [0.1, 0.15) is 25.2 Å². The van der Waals surface area contributed by atoms with Crippen LogP contribution in [0.2, 0.25) is 0 Å². The second-order valence-corrected chi connectivity index (χ2v) is 5.54. The van der Waals surface area contributed by atoms with Gasteiger partial charge in [0.1, 0.15) is 0 Å². The van der Waals surface area contributed by atoms with E-state index in [1.807, 2.05) is 16.8 Å². The number of aryl methyl sites for hydroxylation is 1. The average Bonchev–Trinajstić information content (AvgIpc) is 3.08. The van der Waals surface area contributed by atoms with E-state index in [1.54, 1.807) is 11.3 Å². The zero-order valence-corrected chi connectivity index (χ0v) is 12.3. The van der Waals surface area contributed by atoms with Crippen LogP contribution in [-0.2, 0) is 6.42 Å². The molecule has 1 N–H and O–H groups in total. The molecule has 19 heavy (non-hydrogen) atoms. The molecule has 4 nitrogen and oxygen atoms in total. The van der Waals surface area contributed by atoms with Gasteiger partial charge in [0.05, 0.1) is 0 Å². The van der Waals surface area contributed by atoms with Crippen molar-refractivity contribution in [1.29, 1.82) is 0 Å². The number of halogens is 1. The van der Waals surface area contributed by atoms with Gasteiger partial charge in [-0.05, 0) is 49.7 Å². The fourth-order valence-electron chi connectivity index (χ4n) is 2.36. The van der Waals surface area contributed by atoms with Crippen molar-refractivity contribution >= 4 is 23.7 Å². The van der Waals surface area contributed by atoms with Crippen molar-refractivity contribution in [3.63, 3.8) is 0 Å². The molecule has 1 aliphatic rings. The number of rotatable bonds is 4. The van der Waals surface area contributed by atoms with Crippen molar-refractivity contribution in [2.75, 3.05) is 13.1 Å². The van der Waals surface area contributed by atoms with E-state index in [2.05, 4.69) is 15.5 Å². The number of thiophene rings is 1. The van der Waals surface area contributed by atoms with Gasteiger partial charge in [-0.3, -0.25) is 0 Å². The molecular formula is C13H18ClN3OS. The molecule has 0 spiro atoms. The Morgan fingerprint density at radius 3 is 2.95 bits per heavy atom. The molecule has 2 aromatic heterocycles. The van der Waals surface area contributed by atoms with E-state index in [1.165, 1.54) is 12.8 Å². The van der Waals surface area contributed by atoms with Gasteiger partial charge in [0.15, 0.2) is 0 Å². The van der Waals surface area contributed by atoms with E-state index in [0.29, 0.717) is 0 Å². The average molecular weight is 300 g/mol. The molecule has 1 saturated heterocycles. The van der Waals surface area contributed by atoms with E-state index in [9.17, 15) is 0 Å². The maximum atomic E-state index is 5.31. The molecule has 6 heteroatoms. The number of nitrogens with zero attached hydrogens (tertiary/aromatic N) is 2. The zero-order chi connectivity index (χ0) is 12.2.